The van der Waals surface area contributed by atoms with E-state index in [-0.39, 0.29) is 18.2 Å². The molecule has 4 nitrogen and oxygen atoms in total. The lowest BCUT2D eigenvalue weighted by Gasteiger charge is -2.43. The second-order valence-electron chi connectivity index (χ2n) is 8.88. The molecule has 3 fully saturated rings. The maximum Gasteiger partial charge on any atom is 0.338 e. The number of hydrogen-bond acceptors (Lipinski definition) is 4. The molecule has 5 unspecified atom stereocenters. The predicted octanol–water partition coefficient (Wildman–Crippen LogP) is 4.74. The fourth-order valence-electron chi connectivity index (χ4n) is 6.01. The van der Waals surface area contributed by atoms with Crippen LogP contribution in [0.25, 0.3) is 0 Å². The number of fused-ring (bicyclic) bond motifs is 5. The lowest BCUT2D eigenvalue weighted by atomic mass is 9.69. The number of carbonyl (C=O) groups is 1. The van der Waals surface area contributed by atoms with Crippen LogP contribution < -0.4 is 0 Å². The van der Waals surface area contributed by atoms with Gasteiger partial charge in [-0.1, -0.05) is 48.5 Å². The maximum absolute atomic E-state index is 12.7. The lowest BCUT2D eigenvalue weighted by molar-refractivity contribution is -0.192. The second-order valence-corrected chi connectivity index (χ2v) is 8.88. The summed E-state index contributed by atoms with van der Waals surface area (Å²) in [5, 5.41) is 10.7. The molecule has 3 saturated carbocycles. The molecule has 0 aliphatic heterocycles. The highest BCUT2D eigenvalue weighted by atomic mass is 16.6. The molecule has 0 heterocycles. The third-order valence-electron chi connectivity index (χ3n) is 7.35. The van der Waals surface area contributed by atoms with E-state index in [1.165, 1.54) is 19.3 Å². The molecule has 3 aliphatic rings. The molecule has 2 aromatic rings. The Balaban J connectivity index is 1.34. The van der Waals surface area contributed by atoms with Crippen LogP contribution in [-0.4, -0.2) is 23.3 Å². The highest BCUT2D eigenvalue weighted by Gasteiger charge is 2.53. The van der Waals surface area contributed by atoms with Crippen LogP contribution in [0.5, 0.6) is 0 Å². The number of ether oxygens (including phenoxy) is 2. The van der Waals surface area contributed by atoms with Crippen LogP contribution >= 0.6 is 0 Å². The predicted molar refractivity (Wildman–Crippen MR) is 109 cm³/mol. The van der Waals surface area contributed by atoms with Gasteiger partial charge in [-0.05, 0) is 67.9 Å². The summed E-state index contributed by atoms with van der Waals surface area (Å²) < 4.78 is 12.1. The molecule has 152 valence electrons. The Morgan fingerprint density at radius 1 is 0.828 bits per heavy atom. The lowest BCUT2D eigenvalue weighted by Crippen LogP contribution is -2.45. The smallest absolute Gasteiger partial charge is 0.338 e. The van der Waals surface area contributed by atoms with Crippen molar-refractivity contribution < 1.29 is 19.4 Å². The van der Waals surface area contributed by atoms with Crippen molar-refractivity contribution in [3.63, 3.8) is 0 Å². The van der Waals surface area contributed by atoms with E-state index in [0.717, 1.165) is 30.2 Å². The van der Waals surface area contributed by atoms with Gasteiger partial charge in [-0.25, -0.2) is 4.79 Å². The molecule has 2 bridgehead atoms. The molecule has 0 spiro atoms. The first-order valence-corrected chi connectivity index (χ1v) is 10.8. The van der Waals surface area contributed by atoms with Crippen LogP contribution in [0.15, 0.2) is 60.7 Å². The van der Waals surface area contributed by atoms with Gasteiger partial charge in [-0.2, -0.15) is 0 Å². The third kappa shape index (κ3) is 3.72. The van der Waals surface area contributed by atoms with E-state index < -0.39 is 6.29 Å². The molecule has 0 aromatic heterocycles. The molecule has 3 aliphatic carbocycles. The van der Waals surface area contributed by atoms with Crippen LogP contribution in [0.1, 0.15) is 54.3 Å². The van der Waals surface area contributed by atoms with Crippen molar-refractivity contribution in [1.82, 2.24) is 0 Å². The van der Waals surface area contributed by atoms with Gasteiger partial charge < -0.3 is 14.6 Å². The average molecular weight is 392 g/mol. The van der Waals surface area contributed by atoms with Gasteiger partial charge in [0.05, 0.1) is 11.7 Å². The van der Waals surface area contributed by atoms with Crippen molar-refractivity contribution in [3.05, 3.63) is 71.8 Å². The summed E-state index contributed by atoms with van der Waals surface area (Å²) >= 11 is 0. The Labute approximate surface area is 171 Å². The van der Waals surface area contributed by atoms with Gasteiger partial charge in [0.25, 0.3) is 0 Å². The van der Waals surface area contributed by atoms with E-state index in [1.54, 1.807) is 12.1 Å². The van der Waals surface area contributed by atoms with Crippen LogP contribution in [-0.2, 0) is 9.47 Å². The molecule has 0 saturated heterocycles. The average Bonchev–Trinajstić information content (AvgIpc) is 3.37. The molecule has 5 rings (SSSR count). The van der Waals surface area contributed by atoms with Crippen LogP contribution in [0.3, 0.4) is 0 Å². The Bertz CT molecular complexity index is 836. The van der Waals surface area contributed by atoms with Crippen LogP contribution in [0, 0.1) is 23.7 Å². The Morgan fingerprint density at radius 3 is 2.07 bits per heavy atom. The molecule has 0 amide bonds. The first kappa shape index (κ1) is 18.8. The minimum absolute atomic E-state index is 0.279. The summed E-state index contributed by atoms with van der Waals surface area (Å²) in [5.74, 6) is 2.49. The molecule has 2 aromatic carbocycles. The molecule has 1 N–H and O–H groups in total. The zero-order chi connectivity index (χ0) is 19.8. The molecule has 7 atom stereocenters. The molecule has 0 radical (unpaired) electrons. The normalized spacial score (nSPS) is 33.8. The largest absolute Gasteiger partial charge is 0.456 e. The fraction of sp³-hybridized carbons (Fsp3) is 0.480. The van der Waals surface area contributed by atoms with Crippen molar-refractivity contribution >= 4 is 5.97 Å². The second kappa shape index (κ2) is 7.92. The number of rotatable bonds is 5. The molecule has 4 heteroatoms. The van der Waals surface area contributed by atoms with E-state index >= 15 is 0 Å². The van der Waals surface area contributed by atoms with Gasteiger partial charge >= 0.3 is 5.97 Å². The summed E-state index contributed by atoms with van der Waals surface area (Å²) in [4.78, 5) is 12.7. The molecular formula is C25H28O4. The minimum Gasteiger partial charge on any atom is -0.456 e. The van der Waals surface area contributed by atoms with Crippen molar-refractivity contribution in [2.45, 2.75) is 50.6 Å². The minimum atomic E-state index is -1.01. The highest BCUT2D eigenvalue weighted by Crippen LogP contribution is 2.58. The summed E-state index contributed by atoms with van der Waals surface area (Å²) in [7, 11) is 0. The number of aliphatic hydroxyl groups excluding tert-OH is 1. The number of aliphatic hydroxyl groups is 1. The van der Waals surface area contributed by atoms with E-state index in [0.29, 0.717) is 17.4 Å². The first-order valence-electron chi connectivity index (χ1n) is 10.8. The number of benzene rings is 2. The zero-order valence-electron chi connectivity index (χ0n) is 16.5. The first-order chi connectivity index (χ1) is 14.2. The van der Waals surface area contributed by atoms with Gasteiger partial charge in [0.2, 0.25) is 0 Å². The highest BCUT2D eigenvalue weighted by molar-refractivity contribution is 5.89. The summed E-state index contributed by atoms with van der Waals surface area (Å²) in [6, 6.07) is 18.6. The Kier molecular flexibility index (Phi) is 5.15. The SMILES string of the molecule is O=C(O[C@H]1CC2C3CCC(C3)C2C[C@@H]1OC(O)c1ccccc1)c1ccccc1. The summed E-state index contributed by atoms with van der Waals surface area (Å²) in [5.41, 5.74) is 1.29. The number of esters is 1. The standard InChI is InChI=1S/C25H28O4/c26-24(16-7-3-1-4-8-16)28-22-14-20-18-11-12-19(13-18)21(20)15-23(22)29-25(27)17-9-5-2-6-10-17/h1-10,18-24,26H,11-15H2/t18?,19?,20?,21?,22-,23-,24?/m0/s1. The van der Waals surface area contributed by atoms with Crippen molar-refractivity contribution in [2.24, 2.45) is 23.7 Å². The van der Waals surface area contributed by atoms with E-state index in [4.69, 9.17) is 9.47 Å². The van der Waals surface area contributed by atoms with Crippen molar-refractivity contribution in [2.75, 3.05) is 0 Å². The summed E-state index contributed by atoms with van der Waals surface area (Å²) in [6.07, 6.45) is 4.04. The van der Waals surface area contributed by atoms with E-state index in [1.807, 2.05) is 48.5 Å². The molecule has 29 heavy (non-hydrogen) atoms. The van der Waals surface area contributed by atoms with Gasteiger partial charge in [0.15, 0.2) is 6.29 Å². The van der Waals surface area contributed by atoms with Gasteiger partial charge in [0.1, 0.15) is 6.10 Å². The quantitative estimate of drug-likeness (QED) is 0.590. The Hall–Kier alpha value is -2.17. The monoisotopic (exact) mass is 392 g/mol. The van der Waals surface area contributed by atoms with Gasteiger partial charge in [0, 0.05) is 5.56 Å². The Morgan fingerprint density at radius 2 is 1.41 bits per heavy atom. The van der Waals surface area contributed by atoms with E-state index in [2.05, 4.69) is 0 Å². The summed E-state index contributed by atoms with van der Waals surface area (Å²) in [6.45, 7) is 0. The van der Waals surface area contributed by atoms with Crippen LogP contribution in [0.2, 0.25) is 0 Å². The fourth-order valence-corrected chi connectivity index (χ4v) is 6.01. The molecular weight excluding hydrogens is 364 g/mol. The number of hydrogen-bond donors (Lipinski definition) is 1. The van der Waals surface area contributed by atoms with E-state index in [9.17, 15) is 9.90 Å². The van der Waals surface area contributed by atoms with Crippen molar-refractivity contribution in [3.8, 4) is 0 Å². The van der Waals surface area contributed by atoms with Crippen LogP contribution in [0.4, 0.5) is 0 Å². The van der Waals surface area contributed by atoms with Crippen molar-refractivity contribution in [1.29, 1.82) is 0 Å². The topological polar surface area (TPSA) is 55.8 Å². The maximum atomic E-state index is 12.7. The van der Waals surface area contributed by atoms with Gasteiger partial charge in [-0.3, -0.25) is 0 Å². The third-order valence-corrected chi connectivity index (χ3v) is 7.35. The number of carbonyl (C=O) groups excluding carboxylic acids is 1. The van der Waals surface area contributed by atoms with Gasteiger partial charge in [-0.15, -0.1) is 0 Å². The zero-order valence-corrected chi connectivity index (χ0v) is 16.5.